The van der Waals surface area contributed by atoms with E-state index in [4.69, 9.17) is 9.47 Å². The second-order valence-electron chi connectivity index (χ2n) is 5.66. The summed E-state index contributed by atoms with van der Waals surface area (Å²) in [4.78, 5) is 14.0. The van der Waals surface area contributed by atoms with Gasteiger partial charge < -0.3 is 14.8 Å². The highest BCUT2D eigenvalue weighted by Crippen LogP contribution is 2.32. The molecule has 0 aliphatic carbocycles. The van der Waals surface area contributed by atoms with Crippen LogP contribution in [0.15, 0.2) is 36.4 Å². The number of nitrogens with zero attached hydrogens (tertiary/aromatic N) is 1. The second-order valence-corrected chi connectivity index (χ2v) is 5.66. The molecule has 0 unspecified atom stereocenters. The number of fused-ring (bicyclic) bond motifs is 1. The van der Waals surface area contributed by atoms with Gasteiger partial charge in [0, 0.05) is 12.6 Å². The summed E-state index contributed by atoms with van der Waals surface area (Å²) in [6.45, 7) is 3.32. The van der Waals surface area contributed by atoms with E-state index in [1.807, 2.05) is 30.0 Å². The quantitative estimate of drug-likeness (QED) is 0.871. The van der Waals surface area contributed by atoms with Gasteiger partial charge in [0.15, 0.2) is 11.5 Å². The van der Waals surface area contributed by atoms with Crippen molar-refractivity contribution in [3.8, 4) is 11.5 Å². The van der Waals surface area contributed by atoms with Crippen LogP contribution in [0.25, 0.3) is 0 Å². The Morgan fingerprint density at radius 3 is 2.76 bits per heavy atom. The fraction of sp³-hybridized carbons (Fsp3) is 0.278. The molecule has 132 valence electrons. The first kappa shape index (κ1) is 17.2. The molecule has 2 aromatic rings. The molecule has 0 fully saturated rings. The largest absolute Gasteiger partial charge is 0.454 e. The van der Waals surface area contributed by atoms with Gasteiger partial charge in [0.2, 0.25) is 12.7 Å². The molecule has 1 heterocycles. The molecule has 0 saturated heterocycles. The molecular weight excluding hydrogens is 330 g/mol. The lowest BCUT2D eigenvalue weighted by Crippen LogP contribution is -2.33. The van der Waals surface area contributed by atoms with Crippen LogP contribution >= 0.6 is 0 Å². The fourth-order valence-corrected chi connectivity index (χ4v) is 2.56. The number of hydrogen-bond donors (Lipinski definition) is 1. The van der Waals surface area contributed by atoms with E-state index in [9.17, 15) is 13.6 Å². The Kier molecular flexibility index (Phi) is 5.14. The van der Waals surface area contributed by atoms with E-state index in [2.05, 4.69) is 5.32 Å². The van der Waals surface area contributed by atoms with Crippen molar-refractivity contribution in [3.05, 3.63) is 53.6 Å². The number of carbonyl (C=O) groups excluding carboxylic acids is 1. The van der Waals surface area contributed by atoms with Crippen LogP contribution in [-0.2, 0) is 11.3 Å². The number of ether oxygens (including phenoxy) is 2. The lowest BCUT2D eigenvalue weighted by atomic mass is 10.2. The number of halogens is 2. The van der Waals surface area contributed by atoms with Gasteiger partial charge in [-0.1, -0.05) is 13.0 Å². The average molecular weight is 348 g/mol. The van der Waals surface area contributed by atoms with Gasteiger partial charge >= 0.3 is 0 Å². The maximum Gasteiger partial charge on any atom is 0.238 e. The monoisotopic (exact) mass is 348 g/mol. The molecule has 3 rings (SSSR count). The Balaban J connectivity index is 1.61. The summed E-state index contributed by atoms with van der Waals surface area (Å²) in [6, 6.07) is 8.54. The molecule has 1 aliphatic heterocycles. The molecule has 0 atom stereocenters. The maximum atomic E-state index is 13.6. The molecule has 0 radical (unpaired) electrons. The van der Waals surface area contributed by atoms with Crippen molar-refractivity contribution in [3.63, 3.8) is 0 Å². The number of hydrogen-bond acceptors (Lipinski definition) is 4. The summed E-state index contributed by atoms with van der Waals surface area (Å²) in [5, 5.41) is 2.40. The van der Waals surface area contributed by atoms with Crippen LogP contribution in [0.1, 0.15) is 12.5 Å². The van der Waals surface area contributed by atoms with Crippen LogP contribution < -0.4 is 14.8 Å². The lowest BCUT2D eigenvalue weighted by Gasteiger charge is -2.20. The normalized spacial score (nSPS) is 12.5. The van der Waals surface area contributed by atoms with E-state index >= 15 is 0 Å². The van der Waals surface area contributed by atoms with Gasteiger partial charge in [-0.05, 0) is 36.4 Å². The third-order valence-electron chi connectivity index (χ3n) is 3.86. The Bertz CT molecular complexity index is 783. The molecule has 1 N–H and O–H groups in total. The Labute approximate surface area is 144 Å². The molecule has 7 heteroatoms. The molecule has 25 heavy (non-hydrogen) atoms. The van der Waals surface area contributed by atoms with Crippen LogP contribution in [-0.4, -0.2) is 30.7 Å². The lowest BCUT2D eigenvalue weighted by molar-refractivity contribution is -0.117. The van der Waals surface area contributed by atoms with Crippen LogP contribution in [0.5, 0.6) is 11.5 Å². The fourth-order valence-electron chi connectivity index (χ4n) is 2.56. The van der Waals surface area contributed by atoms with Crippen LogP contribution in [0, 0.1) is 11.6 Å². The molecule has 2 aromatic carbocycles. The zero-order chi connectivity index (χ0) is 17.8. The first-order chi connectivity index (χ1) is 12.0. The standard InChI is InChI=1S/C18H18F2N2O3/c1-2-22(9-12-3-6-16-17(7-12)25-11-24-16)10-18(23)21-15-8-13(19)4-5-14(15)20/h3-8H,2,9-11H2,1H3,(H,21,23). The van der Waals surface area contributed by atoms with Gasteiger partial charge in [-0.2, -0.15) is 0 Å². The highest BCUT2D eigenvalue weighted by Gasteiger charge is 2.16. The minimum Gasteiger partial charge on any atom is -0.454 e. The number of anilines is 1. The number of likely N-dealkylation sites (N-methyl/N-ethyl adjacent to an activating group) is 1. The number of amides is 1. The van der Waals surface area contributed by atoms with Crippen molar-refractivity contribution in [2.45, 2.75) is 13.5 Å². The summed E-state index contributed by atoms with van der Waals surface area (Å²) >= 11 is 0. The van der Waals surface area contributed by atoms with E-state index in [0.29, 0.717) is 24.6 Å². The molecule has 1 amide bonds. The van der Waals surface area contributed by atoms with Crippen molar-refractivity contribution in [1.29, 1.82) is 0 Å². The summed E-state index contributed by atoms with van der Waals surface area (Å²) in [5.41, 5.74) is 0.806. The van der Waals surface area contributed by atoms with Gasteiger partial charge in [0.25, 0.3) is 0 Å². The summed E-state index contributed by atoms with van der Waals surface area (Å²) in [7, 11) is 0. The van der Waals surface area contributed by atoms with Crippen molar-refractivity contribution in [1.82, 2.24) is 4.90 Å². The third-order valence-corrected chi connectivity index (χ3v) is 3.86. The Morgan fingerprint density at radius 1 is 1.16 bits per heavy atom. The van der Waals surface area contributed by atoms with E-state index in [-0.39, 0.29) is 19.0 Å². The number of carbonyl (C=O) groups is 1. The average Bonchev–Trinajstić information content (AvgIpc) is 3.05. The molecule has 0 aromatic heterocycles. The summed E-state index contributed by atoms with van der Waals surface area (Å²) in [5.74, 6) is -0.309. The Morgan fingerprint density at radius 2 is 1.96 bits per heavy atom. The maximum absolute atomic E-state index is 13.6. The summed E-state index contributed by atoms with van der Waals surface area (Å²) < 4.78 is 37.4. The van der Waals surface area contributed by atoms with Gasteiger partial charge in [0.1, 0.15) is 11.6 Å². The van der Waals surface area contributed by atoms with Gasteiger partial charge in [0.05, 0.1) is 12.2 Å². The molecule has 0 bridgehead atoms. The van der Waals surface area contributed by atoms with Crippen molar-refractivity contribution < 1.29 is 23.0 Å². The zero-order valence-electron chi connectivity index (χ0n) is 13.7. The van der Waals surface area contributed by atoms with E-state index < -0.39 is 17.5 Å². The van der Waals surface area contributed by atoms with E-state index in [1.165, 1.54) is 0 Å². The van der Waals surface area contributed by atoms with Gasteiger partial charge in [-0.25, -0.2) is 8.78 Å². The number of benzene rings is 2. The van der Waals surface area contributed by atoms with E-state index in [1.54, 1.807) is 0 Å². The van der Waals surface area contributed by atoms with Crippen LogP contribution in [0.3, 0.4) is 0 Å². The minimum absolute atomic E-state index is 0.0564. The van der Waals surface area contributed by atoms with Crippen molar-refractivity contribution in [2.75, 3.05) is 25.2 Å². The van der Waals surface area contributed by atoms with Gasteiger partial charge in [-0.3, -0.25) is 9.69 Å². The minimum atomic E-state index is -0.673. The molecule has 1 aliphatic rings. The topological polar surface area (TPSA) is 50.8 Å². The molecule has 0 saturated carbocycles. The highest BCUT2D eigenvalue weighted by molar-refractivity contribution is 5.92. The number of nitrogens with one attached hydrogen (secondary N) is 1. The highest BCUT2D eigenvalue weighted by atomic mass is 19.1. The zero-order valence-corrected chi connectivity index (χ0v) is 13.7. The SMILES string of the molecule is CCN(CC(=O)Nc1cc(F)ccc1F)Cc1ccc2c(c1)OCO2. The molecular formula is C18H18F2N2O3. The first-order valence-corrected chi connectivity index (χ1v) is 7.91. The van der Waals surface area contributed by atoms with Crippen molar-refractivity contribution >= 4 is 11.6 Å². The predicted molar refractivity (Wildman–Crippen MR) is 88.5 cm³/mol. The third kappa shape index (κ3) is 4.24. The van der Waals surface area contributed by atoms with Crippen LogP contribution in [0.2, 0.25) is 0 Å². The van der Waals surface area contributed by atoms with E-state index in [0.717, 1.165) is 23.8 Å². The molecule has 0 spiro atoms. The second kappa shape index (κ2) is 7.48. The first-order valence-electron chi connectivity index (χ1n) is 7.91. The predicted octanol–water partition coefficient (Wildman–Crippen LogP) is 3.15. The molecule has 5 nitrogen and oxygen atoms in total. The summed E-state index contributed by atoms with van der Waals surface area (Å²) in [6.07, 6.45) is 0. The Hall–Kier alpha value is -2.67. The van der Waals surface area contributed by atoms with Crippen LogP contribution in [0.4, 0.5) is 14.5 Å². The number of rotatable bonds is 6. The smallest absolute Gasteiger partial charge is 0.238 e. The van der Waals surface area contributed by atoms with Crippen molar-refractivity contribution in [2.24, 2.45) is 0 Å². The van der Waals surface area contributed by atoms with Gasteiger partial charge in [-0.15, -0.1) is 0 Å².